The zero-order valence-corrected chi connectivity index (χ0v) is 11.0. The second-order valence-electron chi connectivity index (χ2n) is 5.19. The highest BCUT2D eigenvalue weighted by Crippen LogP contribution is 2.25. The number of carbonyl (C=O) groups excluding carboxylic acids is 2. The Balaban J connectivity index is 2.07. The predicted octanol–water partition coefficient (Wildman–Crippen LogP) is 0.666. The molecule has 0 aromatic heterocycles. The van der Waals surface area contributed by atoms with Gasteiger partial charge in [-0.2, -0.15) is 0 Å². The summed E-state index contributed by atoms with van der Waals surface area (Å²) in [5, 5.41) is 2.88. The fourth-order valence-electron chi connectivity index (χ4n) is 2.45. The van der Waals surface area contributed by atoms with Crippen LogP contribution in [-0.2, 0) is 9.59 Å². The second-order valence-corrected chi connectivity index (χ2v) is 5.19. The highest BCUT2D eigenvalue weighted by atomic mass is 16.1. The first-order chi connectivity index (χ1) is 8.59. The number of amides is 2. The van der Waals surface area contributed by atoms with Crippen molar-refractivity contribution in [3.05, 3.63) is 0 Å². The third kappa shape index (κ3) is 6.00. The minimum absolute atomic E-state index is 0.0800. The van der Waals surface area contributed by atoms with E-state index in [9.17, 15) is 9.59 Å². The minimum atomic E-state index is -0.283. The number of hydrogen-bond acceptors (Lipinski definition) is 3. The Kier molecular flexibility index (Phi) is 6.72. The Morgan fingerprint density at radius 1 is 1.17 bits per heavy atom. The summed E-state index contributed by atoms with van der Waals surface area (Å²) in [6, 6.07) is 0.180. The van der Waals surface area contributed by atoms with E-state index < -0.39 is 0 Å². The van der Waals surface area contributed by atoms with E-state index in [1.54, 1.807) is 0 Å². The van der Waals surface area contributed by atoms with Crippen molar-refractivity contribution in [3.63, 3.8) is 0 Å². The molecule has 2 unspecified atom stereocenters. The van der Waals surface area contributed by atoms with Crippen LogP contribution in [0.5, 0.6) is 0 Å². The summed E-state index contributed by atoms with van der Waals surface area (Å²) in [6.45, 7) is 0.619. The molecule has 2 atom stereocenters. The van der Waals surface area contributed by atoms with Gasteiger partial charge in [-0.1, -0.05) is 12.8 Å². The van der Waals surface area contributed by atoms with Gasteiger partial charge in [0.25, 0.3) is 0 Å². The number of hydrogen-bond donors (Lipinski definition) is 3. The van der Waals surface area contributed by atoms with E-state index in [0.717, 1.165) is 25.7 Å². The lowest BCUT2D eigenvalue weighted by molar-refractivity contribution is -0.122. The molecular formula is C13H25N3O2. The summed E-state index contributed by atoms with van der Waals surface area (Å²) in [6.07, 6.45) is 6.94. The van der Waals surface area contributed by atoms with Crippen molar-refractivity contribution in [1.29, 1.82) is 0 Å². The normalized spacial score (nSPS) is 23.6. The van der Waals surface area contributed by atoms with Crippen molar-refractivity contribution in [2.24, 2.45) is 17.4 Å². The van der Waals surface area contributed by atoms with Crippen LogP contribution in [0.25, 0.3) is 0 Å². The zero-order valence-electron chi connectivity index (χ0n) is 11.0. The molecule has 1 aliphatic carbocycles. The fraction of sp³-hybridized carbons (Fsp3) is 0.846. The third-order valence-corrected chi connectivity index (χ3v) is 3.59. The van der Waals surface area contributed by atoms with Crippen LogP contribution in [-0.4, -0.2) is 24.4 Å². The Hall–Kier alpha value is -1.10. The average Bonchev–Trinajstić information content (AvgIpc) is 2.31. The van der Waals surface area contributed by atoms with Crippen LogP contribution in [0, 0.1) is 5.92 Å². The zero-order chi connectivity index (χ0) is 13.4. The fourth-order valence-corrected chi connectivity index (χ4v) is 2.45. The molecule has 1 fully saturated rings. The van der Waals surface area contributed by atoms with Gasteiger partial charge in [-0.15, -0.1) is 0 Å². The summed E-state index contributed by atoms with van der Waals surface area (Å²) in [7, 11) is 0. The molecule has 0 aromatic carbocycles. The number of rotatable bonds is 7. The van der Waals surface area contributed by atoms with Gasteiger partial charge in [0.1, 0.15) is 0 Å². The van der Waals surface area contributed by atoms with Gasteiger partial charge in [0.2, 0.25) is 11.8 Å². The summed E-state index contributed by atoms with van der Waals surface area (Å²) in [5.41, 5.74) is 11.0. The lowest BCUT2D eigenvalue weighted by atomic mass is 9.83. The van der Waals surface area contributed by atoms with E-state index >= 15 is 0 Å². The average molecular weight is 255 g/mol. The Morgan fingerprint density at radius 3 is 2.56 bits per heavy atom. The first kappa shape index (κ1) is 15.0. The molecule has 5 heteroatoms. The van der Waals surface area contributed by atoms with Gasteiger partial charge in [-0.25, -0.2) is 0 Å². The number of unbranched alkanes of at least 4 members (excludes halogenated alkanes) is 1. The van der Waals surface area contributed by atoms with Gasteiger partial charge in [0.15, 0.2) is 0 Å². The topological polar surface area (TPSA) is 98.2 Å². The quantitative estimate of drug-likeness (QED) is 0.583. The highest BCUT2D eigenvalue weighted by Gasteiger charge is 2.23. The minimum Gasteiger partial charge on any atom is -0.370 e. The summed E-state index contributed by atoms with van der Waals surface area (Å²) < 4.78 is 0. The lowest BCUT2D eigenvalue weighted by Gasteiger charge is -2.27. The molecule has 0 saturated heterocycles. The number of primary amides is 1. The molecule has 0 aliphatic heterocycles. The van der Waals surface area contributed by atoms with Crippen LogP contribution in [0.4, 0.5) is 0 Å². The maximum atomic E-state index is 11.7. The van der Waals surface area contributed by atoms with E-state index in [0.29, 0.717) is 25.3 Å². The maximum Gasteiger partial charge on any atom is 0.220 e. The molecule has 0 radical (unpaired) electrons. The van der Waals surface area contributed by atoms with Crippen LogP contribution >= 0.6 is 0 Å². The Bertz CT molecular complexity index is 281. The summed E-state index contributed by atoms with van der Waals surface area (Å²) in [5.74, 6) is 0.135. The number of nitrogens with one attached hydrogen (secondary N) is 1. The largest absolute Gasteiger partial charge is 0.370 e. The van der Waals surface area contributed by atoms with Gasteiger partial charge >= 0.3 is 0 Å². The molecule has 0 bridgehead atoms. The van der Waals surface area contributed by atoms with Gasteiger partial charge in [-0.05, 0) is 31.6 Å². The van der Waals surface area contributed by atoms with Crippen molar-refractivity contribution in [1.82, 2.24) is 5.32 Å². The SMILES string of the molecule is NC(=O)CCCCNC(=O)CC1CCCCC1N. The molecule has 1 aliphatic rings. The molecule has 5 nitrogen and oxygen atoms in total. The molecule has 104 valence electrons. The molecule has 0 spiro atoms. The van der Waals surface area contributed by atoms with E-state index in [4.69, 9.17) is 11.5 Å². The van der Waals surface area contributed by atoms with Crippen molar-refractivity contribution in [2.75, 3.05) is 6.54 Å². The van der Waals surface area contributed by atoms with Gasteiger partial charge < -0.3 is 16.8 Å². The highest BCUT2D eigenvalue weighted by molar-refractivity contribution is 5.76. The van der Waals surface area contributed by atoms with Crippen LogP contribution in [0.3, 0.4) is 0 Å². The molecule has 18 heavy (non-hydrogen) atoms. The number of carbonyl (C=O) groups is 2. The lowest BCUT2D eigenvalue weighted by Crippen LogP contribution is -2.37. The van der Waals surface area contributed by atoms with Crippen LogP contribution in [0.15, 0.2) is 0 Å². The summed E-state index contributed by atoms with van der Waals surface area (Å²) >= 11 is 0. The Morgan fingerprint density at radius 2 is 1.89 bits per heavy atom. The van der Waals surface area contributed by atoms with Crippen LogP contribution in [0.2, 0.25) is 0 Å². The van der Waals surface area contributed by atoms with Gasteiger partial charge in [0.05, 0.1) is 0 Å². The van der Waals surface area contributed by atoms with E-state index in [-0.39, 0.29) is 17.9 Å². The van der Waals surface area contributed by atoms with Crippen molar-refractivity contribution in [3.8, 4) is 0 Å². The van der Waals surface area contributed by atoms with Crippen LogP contribution < -0.4 is 16.8 Å². The predicted molar refractivity (Wildman–Crippen MR) is 70.6 cm³/mol. The molecular weight excluding hydrogens is 230 g/mol. The molecule has 0 aromatic rings. The first-order valence-corrected chi connectivity index (χ1v) is 6.90. The second kappa shape index (κ2) is 8.08. The Labute approximate surface area is 109 Å². The van der Waals surface area contributed by atoms with Crippen molar-refractivity contribution in [2.45, 2.75) is 57.4 Å². The standard InChI is InChI=1S/C13H25N3O2/c14-11-6-2-1-5-10(11)9-13(18)16-8-4-3-7-12(15)17/h10-11H,1-9,14H2,(H2,15,17)(H,16,18). The van der Waals surface area contributed by atoms with Crippen molar-refractivity contribution >= 4 is 11.8 Å². The molecule has 0 heterocycles. The molecule has 5 N–H and O–H groups in total. The summed E-state index contributed by atoms with van der Waals surface area (Å²) in [4.78, 5) is 22.2. The third-order valence-electron chi connectivity index (χ3n) is 3.59. The smallest absolute Gasteiger partial charge is 0.220 e. The monoisotopic (exact) mass is 255 g/mol. The van der Waals surface area contributed by atoms with Crippen LogP contribution in [0.1, 0.15) is 51.4 Å². The first-order valence-electron chi connectivity index (χ1n) is 6.90. The molecule has 1 saturated carbocycles. The van der Waals surface area contributed by atoms with E-state index in [2.05, 4.69) is 5.32 Å². The van der Waals surface area contributed by atoms with Gasteiger partial charge in [0, 0.05) is 25.4 Å². The number of nitrogens with two attached hydrogens (primary N) is 2. The molecule has 1 rings (SSSR count). The van der Waals surface area contributed by atoms with E-state index in [1.165, 1.54) is 12.8 Å². The van der Waals surface area contributed by atoms with Gasteiger partial charge in [-0.3, -0.25) is 9.59 Å². The van der Waals surface area contributed by atoms with E-state index in [1.807, 2.05) is 0 Å². The maximum absolute atomic E-state index is 11.7. The van der Waals surface area contributed by atoms with Crippen molar-refractivity contribution < 1.29 is 9.59 Å². The molecule has 2 amide bonds.